The van der Waals surface area contributed by atoms with Gasteiger partial charge in [-0.15, -0.1) is 0 Å². The molecule has 74 valence electrons. The molecule has 14 heavy (non-hydrogen) atoms. The van der Waals surface area contributed by atoms with Crippen molar-refractivity contribution in [3.05, 3.63) is 34.9 Å². The molecule has 0 radical (unpaired) electrons. The molecule has 2 aliphatic carbocycles. The molecule has 2 aliphatic rings. The van der Waals surface area contributed by atoms with Crippen LogP contribution in [0.25, 0.3) is 0 Å². The van der Waals surface area contributed by atoms with Gasteiger partial charge in [-0.2, -0.15) is 0 Å². The molecule has 1 aromatic rings. The van der Waals surface area contributed by atoms with Crippen LogP contribution in [-0.2, 0) is 12.8 Å². The number of hydrogen-bond donors (Lipinski definition) is 1. The summed E-state index contributed by atoms with van der Waals surface area (Å²) >= 11 is 0. The zero-order valence-corrected chi connectivity index (χ0v) is 8.50. The first-order valence-corrected chi connectivity index (χ1v) is 5.72. The first-order chi connectivity index (χ1) is 6.84. The lowest BCUT2D eigenvalue weighted by Gasteiger charge is -2.16. The fraction of sp³-hybridized carbons (Fsp3) is 0.538. The van der Waals surface area contributed by atoms with Crippen LogP contribution in [0.2, 0.25) is 0 Å². The van der Waals surface area contributed by atoms with Gasteiger partial charge >= 0.3 is 0 Å². The fourth-order valence-corrected chi connectivity index (χ4v) is 2.58. The normalized spacial score (nSPS) is 29.8. The van der Waals surface area contributed by atoms with Gasteiger partial charge in [0.15, 0.2) is 0 Å². The SMILES string of the molecule is NC1CC1c1ccc2c(c1)CCCC2. The van der Waals surface area contributed by atoms with Crippen molar-refractivity contribution in [3.63, 3.8) is 0 Å². The predicted octanol–water partition coefficient (Wildman–Crippen LogP) is 2.38. The fourth-order valence-electron chi connectivity index (χ4n) is 2.58. The minimum absolute atomic E-state index is 0.441. The van der Waals surface area contributed by atoms with Crippen molar-refractivity contribution in [3.8, 4) is 0 Å². The van der Waals surface area contributed by atoms with Crippen molar-refractivity contribution in [2.75, 3.05) is 0 Å². The third-order valence-corrected chi connectivity index (χ3v) is 3.64. The third kappa shape index (κ3) is 1.36. The van der Waals surface area contributed by atoms with Gasteiger partial charge in [0, 0.05) is 12.0 Å². The van der Waals surface area contributed by atoms with E-state index < -0.39 is 0 Å². The Hall–Kier alpha value is -0.820. The average Bonchev–Trinajstić information content (AvgIpc) is 2.95. The number of aryl methyl sites for hydroxylation is 2. The molecule has 2 unspecified atom stereocenters. The third-order valence-electron chi connectivity index (χ3n) is 3.64. The summed E-state index contributed by atoms with van der Waals surface area (Å²) in [4.78, 5) is 0. The van der Waals surface area contributed by atoms with Crippen LogP contribution in [0.1, 0.15) is 41.9 Å². The van der Waals surface area contributed by atoms with E-state index in [4.69, 9.17) is 5.73 Å². The maximum atomic E-state index is 5.87. The van der Waals surface area contributed by atoms with Crippen molar-refractivity contribution >= 4 is 0 Å². The number of rotatable bonds is 1. The predicted molar refractivity (Wildman–Crippen MR) is 58.4 cm³/mol. The molecule has 3 rings (SSSR count). The Bertz CT molecular complexity index is 356. The molecule has 1 fully saturated rings. The molecular formula is C13H17N. The quantitative estimate of drug-likeness (QED) is 0.717. The molecule has 2 N–H and O–H groups in total. The van der Waals surface area contributed by atoms with E-state index in [2.05, 4.69) is 18.2 Å². The van der Waals surface area contributed by atoms with Gasteiger partial charge in [-0.1, -0.05) is 18.2 Å². The van der Waals surface area contributed by atoms with Gasteiger partial charge in [0.25, 0.3) is 0 Å². The van der Waals surface area contributed by atoms with Gasteiger partial charge in [-0.05, 0) is 48.8 Å². The van der Waals surface area contributed by atoms with Crippen LogP contribution in [-0.4, -0.2) is 6.04 Å². The van der Waals surface area contributed by atoms with Gasteiger partial charge < -0.3 is 5.73 Å². The number of benzene rings is 1. The van der Waals surface area contributed by atoms with Crippen molar-refractivity contribution in [2.24, 2.45) is 5.73 Å². The smallest absolute Gasteiger partial charge is 0.0115 e. The first-order valence-electron chi connectivity index (χ1n) is 5.72. The van der Waals surface area contributed by atoms with E-state index in [1.54, 1.807) is 11.1 Å². The van der Waals surface area contributed by atoms with E-state index >= 15 is 0 Å². The second-order valence-corrected chi connectivity index (χ2v) is 4.74. The molecular weight excluding hydrogens is 170 g/mol. The number of fused-ring (bicyclic) bond motifs is 1. The summed E-state index contributed by atoms with van der Waals surface area (Å²) in [6.45, 7) is 0. The van der Waals surface area contributed by atoms with Crippen LogP contribution < -0.4 is 5.73 Å². The second-order valence-electron chi connectivity index (χ2n) is 4.74. The largest absolute Gasteiger partial charge is 0.327 e. The van der Waals surface area contributed by atoms with Crippen LogP contribution in [0.3, 0.4) is 0 Å². The summed E-state index contributed by atoms with van der Waals surface area (Å²) in [5.41, 5.74) is 10.5. The van der Waals surface area contributed by atoms with E-state index in [-0.39, 0.29) is 0 Å². The highest BCUT2D eigenvalue weighted by atomic mass is 14.7. The summed E-state index contributed by atoms with van der Waals surface area (Å²) in [6.07, 6.45) is 6.50. The average molecular weight is 187 g/mol. The molecule has 1 aromatic carbocycles. The monoisotopic (exact) mass is 187 g/mol. The Labute approximate surface area is 85.3 Å². The Morgan fingerprint density at radius 1 is 1.07 bits per heavy atom. The summed E-state index contributed by atoms with van der Waals surface area (Å²) in [6, 6.07) is 7.47. The molecule has 2 atom stereocenters. The molecule has 0 aliphatic heterocycles. The molecule has 1 saturated carbocycles. The number of hydrogen-bond acceptors (Lipinski definition) is 1. The van der Waals surface area contributed by atoms with E-state index in [1.807, 2.05) is 0 Å². The van der Waals surface area contributed by atoms with Crippen molar-refractivity contribution in [1.82, 2.24) is 0 Å². The highest BCUT2D eigenvalue weighted by Gasteiger charge is 2.34. The molecule has 1 nitrogen and oxygen atoms in total. The van der Waals surface area contributed by atoms with Gasteiger partial charge in [-0.3, -0.25) is 0 Å². The van der Waals surface area contributed by atoms with Gasteiger partial charge in [0.1, 0.15) is 0 Å². The zero-order valence-electron chi connectivity index (χ0n) is 8.50. The maximum absolute atomic E-state index is 5.87. The molecule has 0 aromatic heterocycles. The summed E-state index contributed by atoms with van der Waals surface area (Å²) in [5, 5.41) is 0. The maximum Gasteiger partial charge on any atom is 0.0115 e. The van der Waals surface area contributed by atoms with Crippen LogP contribution >= 0.6 is 0 Å². The molecule has 0 saturated heterocycles. The highest BCUT2D eigenvalue weighted by Crippen LogP contribution is 2.40. The lowest BCUT2D eigenvalue weighted by Crippen LogP contribution is -2.05. The van der Waals surface area contributed by atoms with Crippen molar-refractivity contribution in [2.45, 2.75) is 44.1 Å². The van der Waals surface area contributed by atoms with Crippen LogP contribution in [0.5, 0.6) is 0 Å². The lowest BCUT2D eigenvalue weighted by molar-refractivity contribution is 0.684. The second kappa shape index (κ2) is 3.09. The first kappa shape index (κ1) is 8.49. The van der Waals surface area contributed by atoms with Gasteiger partial charge in [0.2, 0.25) is 0 Å². The van der Waals surface area contributed by atoms with Crippen LogP contribution in [0.4, 0.5) is 0 Å². The van der Waals surface area contributed by atoms with Gasteiger partial charge in [-0.25, -0.2) is 0 Å². The van der Waals surface area contributed by atoms with Crippen LogP contribution in [0, 0.1) is 0 Å². The van der Waals surface area contributed by atoms with E-state index in [0.717, 1.165) is 0 Å². The van der Waals surface area contributed by atoms with Crippen molar-refractivity contribution in [1.29, 1.82) is 0 Å². The zero-order chi connectivity index (χ0) is 9.54. The Balaban J connectivity index is 1.93. The Kier molecular flexibility index (Phi) is 1.88. The standard InChI is InChI=1S/C13H17N/c14-13-8-12(13)11-6-5-9-3-1-2-4-10(9)7-11/h5-7,12-13H,1-4,8,14H2. The molecule has 0 heterocycles. The summed E-state index contributed by atoms with van der Waals surface area (Å²) < 4.78 is 0. The molecule has 0 bridgehead atoms. The van der Waals surface area contributed by atoms with Crippen LogP contribution in [0.15, 0.2) is 18.2 Å². The highest BCUT2D eigenvalue weighted by molar-refractivity contribution is 5.38. The van der Waals surface area contributed by atoms with Crippen molar-refractivity contribution < 1.29 is 0 Å². The van der Waals surface area contributed by atoms with E-state index in [9.17, 15) is 0 Å². The summed E-state index contributed by atoms with van der Waals surface area (Å²) in [7, 11) is 0. The molecule has 0 amide bonds. The molecule has 0 spiro atoms. The topological polar surface area (TPSA) is 26.0 Å². The lowest BCUT2D eigenvalue weighted by atomic mass is 9.89. The summed E-state index contributed by atoms with van der Waals surface area (Å²) in [5.74, 6) is 0.669. The molecule has 1 heteroatoms. The van der Waals surface area contributed by atoms with E-state index in [1.165, 1.54) is 37.7 Å². The van der Waals surface area contributed by atoms with Gasteiger partial charge in [0.05, 0.1) is 0 Å². The number of nitrogens with two attached hydrogens (primary N) is 1. The Morgan fingerprint density at radius 3 is 2.50 bits per heavy atom. The minimum atomic E-state index is 0.441. The van der Waals surface area contributed by atoms with E-state index in [0.29, 0.717) is 12.0 Å². The Morgan fingerprint density at radius 2 is 1.79 bits per heavy atom. The minimum Gasteiger partial charge on any atom is -0.327 e.